The molecule has 3 rings (SSSR count). The van der Waals surface area contributed by atoms with E-state index in [1.54, 1.807) is 12.4 Å². The van der Waals surface area contributed by atoms with Crippen LogP contribution in [0, 0.1) is 6.92 Å². The first-order chi connectivity index (χ1) is 8.13. The van der Waals surface area contributed by atoms with E-state index in [2.05, 4.69) is 26.8 Å². The normalized spacial score (nSPS) is 28.4. The molecule has 0 radical (unpaired) electrons. The zero-order valence-corrected chi connectivity index (χ0v) is 10.2. The van der Waals surface area contributed by atoms with E-state index in [1.165, 1.54) is 12.8 Å². The van der Waals surface area contributed by atoms with Crippen molar-refractivity contribution >= 4 is 5.96 Å². The smallest absolute Gasteiger partial charge is 0.192 e. The maximum Gasteiger partial charge on any atom is 0.192 e. The van der Waals surface area contributed by atoms with Gasteiger partial charge in [-0.15, -0.1) is 0 Å². The van der Waals surface area contributed by atoms with Crippen molar-refractivity contribution in [1.29, 1.82) is 0 Å². The third-order valence-corrected chi connectivity index (χ3v) is 3.63. The summed E-state index contributed by atoms with van der Waals surface area (Å²) in [5, 5.41) is 0. The largest absolute Gasteiger partial charge is 0.370 e. The minimum absolute atomic E-state index is 0.219. The van der Waals surface area contributed by atoms with E-state index in [9.17, 15) is 0 Å². The van der Waals surface area contributed by atoms with Gasteiger partial charge in [0.05, 0.1) is 17.9 Å². The Labute approximate surface area is 101 Å². The van der Waals surface area contributed by atoms with Crippen LogP contribution in [-0.2, 0) is 5.54 Å². The number of aromatic nitrogens is 2. The average Bonchev–Trinajstić information content (AvgIpc) is 3.07. The predicted octanol–water partition coefficient (Wildman–Crippen LogP) is 0.793. The predicted molar refractivity (Wildman–Crippen MR) is 65.5 cm³/mol. The van der Waals surface area contributed by atoms with E-state index in [-0.39, 0.29) is 5.54 Å². The van der Waals surface area contributed by atoms with Gasteiger partial charge in [0.15, 0.2) is 5.96 Å². The molecule has 5 heteroatoms. The minimum atomic E-state index is -0.219. The fraction of sp³-hybridized carbons (Fsp3) is 0.583. The van der Waals surface area contributed by atoms with Gasteiger partial charge in [-0.25, -0.2) is 0 Å². The van der Waals surface area contributed by atoms with Gasteiger partial charge < -0.3 is 10.6 Å². The van der Waals surface area contributed by atoms with Gasteiger partial charge in [0.2, 0.25) is 0 Å². The summed E-state index contributed by atoms with van der Waals surface area (Å²) in [7, 11) is 0. The number of hydrogen-bond donors (Lipinski definition) is 1. The summed E-state index contributed by atoms with van der Waals surface area (Å²) >= 11 is 0. The van der Waals surface area contributed by atoms with Crippen LogP contribution in [0.1, 0.15) is 31.2 Å². The minimum Gasteiger partial charge on any atom is -0.370 e. The molecule has 2 heterocycles. The second-order valence-corrected chi connectivity index (χ2v) is 5.04. The molecule has 1 saturated carbocycles. The van der Waals surface area contributed by atoms with E-state index < -0.39 is 0 Å². The monoisotopic (exact) mass is 231 g/mol. The summed E-state index contributed by atoms with van der Waals surface area (Å²) in [5.74, 6) is 0.653. The molecule has 0 bridgehead atoms. The van der Waals surface area contributed by atoms with E-state index in [0.717, 1.165) is 11.4 Å². The van der Waals surface area contributed by atoms with Gasteiger partial charge in [-0.2, -0.15) is 0 Å². The molecular weight excluding hydrogens is 214 g/mol. The van der Waals surface area contributed by atoms with Crippen LogP contribution < -0.4 is 5.73 Å². The van der Waals surface area contributed by atoms with Gasteiger partial charge in [-0.3, -0.25) is 15.0 Å². The lowest BCUT2D eigenvalue weighted by molar-refractivity contribution is 0.208. The molecular formula is C12H17N5. The van der Waals surface area contributed by atoms with Crippen LogP contribution in [0.25, 0.3) is 0 Å². The molecule has 1 unspecified atom stereocenters. The summed E-state index contributed by atoms with van der Waals surface area (Å²) in [6.45, 7) is 4.83. The third-order valence-electron chi connectivity index (χ3n) is 3.63. The molecule has 5 nitrogen and oxygen atoms in total. The van der Waals surface area contributed by atoms with Gasteiger partial charge >= 0.3 is 0 Å². The molecule has 1 aromatic rings. The van der Waals surface area contributed by atoms with Gasteiger partial charge in [0.1, 0.15) is 5.54 Å². The number of rotatable bonds is 2. The molecule has 1 aliphatic heterocycles. The highest BCUT2D eigenvalue weighted by molar-refractivity contribution is 5.82. The van der Waals surface area contributed by atoms with Crippen molar-refractivity contribution in [3.8, 4) is 0 Å². The fourth-order valence-corrected chi connectivity index (χ4v) is 2.69. The highest BCUT2D eigenvalue weighted by atomic mass is 15.4. The standard InChI is InChI=1S/C12H17N5/c1-8-10(15-6-5-14-8)12(2)7-16-11(13)17(12)9-3-4-9/h5-6,9H,3-4,7H2,1-2H3,(H2,13,16). The number of hydrogen-bond acceptors (Lipinski definition) is 5. The highest BCUT2D eigenvalue weighted by Gasteiger charge is 2.48. The quantitative estimate of drug-likeness (QED) is 0.817. The number of aryl methyl sites for hydroxylation is 1. The molecule has 1 aliphatic carbocycles. The Bertz CT molecular complexity index is 480. The van der Waals surface area contributed by atoms with Crippen LogP contribution in [0.5, 0.6) is 0 Å². The summed E-state index contributed by atoms with van der Waals surface area (Å²) < 4.78 is 0. The van der Waals surface area contributed by atoms with Crippen molar-refractivity contribution in [2.45, 2.75) is 38.3 Å². The summed E-state index contributed by atoms with van der Waals surface area (Å²) in [6, 6.07) is 0.535. The molecule has 2 N–H and O–H groups in total. The van der Waals surface area contributed by atoms with Gasteiger partial charge in [-0.05, 0) is 26.7 Å². The lowest BCUT2D eigenvalue weighted by atomic mass is 9.94. The van der Waals surface area contributed by atoms with E-state index in [0.29, 0.717) is 18.5 Å². The number of nitrogens with two attached hydrogens (primary N) is 1. The van der Waals surface area contributed by atoms with Crippen LogP contribution in [0.3, 0.4) is 0 Å². The van der Waals surface area contributed by atoms with Crippen molar-refractivity contribution in [3.05, 3.63) is 23.8 Å². The number of aliphatic imine (C=N–C) groups is 1. The van der Waals surface area contributed by atoms with Crippen molar-refractivity contribution in [2.75, 3.05) is 6.54 Å². The Hall–Kier alpha value is -1.65. The molecule has 1 atom stereocenters. The SMILES string of the molecule is Cc1nccnc1C1(C)CN=C(N)N1C1CC1. The number of nitrogens with zero attached hydrogens (tertiary/aromatic N) is 4. The first-order valence-corrected chi connectivity index (χ1v) is 6.00. The Balaban J connectivity index is 2.04. The van der Waals surface area contributed by atoms with Crippen molar-refractivity contribution in [1.82, 2.24) is 14.9 Å². The Morgan fingerprint density at radius 2 is 2.06 bits per heavy atom. The summed E-state index contributed by atoms with van der Waals surface area (Å²) in [6.07, 6.45) is 5.87. The second-order valence-electron chi connectivity index (χ2n) is 5.04. The fourth-order valence-electron chi connectivity index (χ4n) is 2.69. The Kier molecular flexibility index (Phi) is 2.11. The molecule has 0 amide bonds. The molecule has 0 saturated heterocycles. The van der Waals surface area contributed by atoms with Crippen LogP contribution >= 0.6 is 0 Å². The zero-order chi connectivity index (χ0) is 12.0. The first kappa shape index (κ1) is 10.5. The first-order valence-electron chi connectivity index (χ1n) is 6.00. The van der Waals surface area contributed by atoms with Crippen molar-refractivity contribution in [2.24, 2.45) is 10.7 Å². The Morgan fingerprint density at radius 3 is 2.71 bits per heavy atom. The molecule has 2 aliphatic rings. The van der Waals surface area contributed by atoms with Crippen molar-refractivity contribution < 1.29 is 0 Å². The Morgan fingerprint density at radius 1 is 1.35 bits per heavy atom. The lowest BCUT2D eigenvalue weighted by Crippen LogP contribution is -2.49. The molecule has 1 aromatic heterocycles. The third kappa shape index (κ3) is 1.49. The summed E-state index contributed by atoms with van der Waals surface area (Å²) in [5.41, 5.74) is 7.75. The topological polar surface area (TPSA) is 67.4 Å². The average molecular weight is 231 g/mol. The van der Waals surface area contributed by atoms with Crippen LogP contribution in [0.4, 0.5) is 0 Å². The lowest BCUT2D eigenvalue weighted by Gasteiger charge is -2.36. The maximum absolute atomic E-state index is 6.01. The van der Waals surface area contributed by atoms with E-state index in [4.69, 9.17) is 5.73 Å². The van der Waals surface area contributed by atoms with Gasteiger partial charge in [-0.1, -0.05) is 0 Å². The van der Waals surface area contributed by atoms with Crippen LogP contribution in [0.15, 0.2) is 17.4 Å². The maximum atomic E-state index is 6.01. The molecule has 90 valence electrons. The molecule has 1 fully saturated rings. The molecule has 17 heavy (non-hydrogen) atoms. The summed E-state index contributed by atoms with van der Waals surface area (Å²) in [4.78, 5) is 15.4. The molecule has 0 aromatic carbocycles. The second kappa shape index (κ2) is 3.42. The molecule has 0 spiro atoms. The van der Waals surface area contributed by atoms with Gasteiger partial charge in [0.25, 0.3) is 0 Å². The highest BCUT2D eigenvalue weighted by Crippen LogP contribution is 2.41. The van der Waals surface area contributed by atoms with Crippen molar-refractivity contribution in [3.63, 3.8) is 0 Å². The van der Waals surface area contributed by atoms with Gasteiger partial charge in [0, 0.05) is 18.4 Å². The zero-order valence-electron chi connectivity index (χ0n) is 10.2. The van der Waals surface area contributed by atoms with Crippen LogP contribution in [-0.4, -0.2) is 33.4 Å². The van der Waals surface area contributed by atoms with E-state index >= 15 is 0 Å². The number of guanidine groups is 1. The van der Waals surface area contributed by atoms with Crippen LogP contribution in [0.2, 0.25) is 0 Å². The van der Waals surface area contributed by atoms with E-state index in [1.807, 2.05) is 6.92 Å².